The fourth-order valence-corrected chi connectivity index (χ4v) is 3.23. The summed E-state index contributed by atoms with van der Waals surface area (Å²) in [5, 5.41) is 9.40. The van der Waals surface area contributed by atoms with Crippen molar-refractivity contribution in [1.29, 1.82) is 0 Å². The first-order valence-electron chi connectivity index (χ1n) is 7.23. The van der Waals surface area contributed by atoms with Crippen LogP contribution in [0.4, 0.5) is 0 Å². The molecule has 4 nitrogen and oxygen atoms in total. The molecule has 1 heterocycles. The summed E-state index contributed by atoms with van der Waals surface area (Å²) in [4.78, 5) is 25.9. The number of fused-ring (bicyclic) bond motifs is 1. The monoisotopic (exact) mass is 273 g/mol. The molecule has 1 aromatic rings. The summed E-state index contributed by atoms with van der Waals surface area (Å²) in [6, 6.07) is 8.12. The highest BCUT2D eigenvalue weighted by molar-refractivity contribution is 6.02. The Kier molecular flexibility index (Phi) is 3.24. The van der Waals surface area contributed by atoms with Crippen molar-refractivity contribution in [1.82, 2.24) is 4.90 Å². The molecule has 0 aromatic heterocycles. The van der Waals surface area contributed by atoms with E-state index in [1.165, 1.54) is 5.56 Å². The van der Waals surface area contributed by atoms with E-state index in [1.54, 1.807) is 4.90 Å². The molecule has 1 fully saturated rings. The van der Waals surface area contributed by atoms with Gasteiger partial charge in [-0.1, -0.05) is 30.7 Å². The molecule has 0 bridgehead atoms. The van der Waals surface area contributed by atoms with Crippen LogP contribution < -0.4 is 0 Å². The highest BCUT2D eigenvalue weighted by Crippen LogP contribution is 2.43. The molecule has 0 saturated heterocycles. The number of carboxylic acids is 1. The van der Waals surface area contributed by atoms with Gasteiger partial charge in [-0.15, -0.1) is 0 Å². The molecule has 3 rings (SSSR count). The van der Waals surface area contributed by atoms with Gasteiger partial charge in [0, 0.05) is 13.1 Å². The zero-order chi connectivity index (χ0) is 14.2. The molecule has 0 spiro atoms. The Labute approximate surface area is 118 Å². The van der Waals surface area contributed by atoms with Crippen LogP contribution in [0.2, 0.25) is 0 Å². The zero-order valence-corrected chi connectivity index (χ0v) is 11.5. The van der Waals surface area contributed by atoms with Crippen LogP contribution in [-0.4, -0.2) is 28.4 Å². The number of hydrogen-bond donors (Lipinski definition) is 1. The van der Waals surface area contributed by atoms with Gasteiger partial charge in [0.1, 0.15) is 5.41 Å². The third-order valence-electron chi connectivity index (χ3n) is 4.67. The minimum Gasteiger partial charge on any atom is -0.480 e. The molecular formula is C16H19NO3. The first-order chi connectivity index (χ1) is 9.63. The van der Waals surface area contributed by atoms with Gasteiger partial charge in [0.15, 0.2) is 0 Å². The van der Waals surface area contributed by atoms with Crippen molar-refractivity contribution < 1.29 is 14.7 Å². The lowest BCUT2D eigenvalue weighted by molar-refractivity contribution is -0.167. The van der Waals surface area contributed by atoms with Gasteiger partial charge in [0.05, 0.1) is 0 Å². The molecule has 1 aliphatic heterocycles. The summed E-state index contributed by atoms with van der Waals surface area (Å²) in [6.45, 7) is 1.20. The first kappa shape index (κ1) is 13.2. The quantitative estimate of drug-likeness (QED) is 0.841. The van der Waals surface area contributed by atoms with Gasteiger partial charge >= 0.3 is 5.97 Å². The van der Waals surface area contributed by atoms with Crippen LogP contribution in [0.15, 0.2) is 24.3 Å². The van der Waals surface area contributed by atoms with E-state index in [1.807, 2.05) is 18.2 Å². The van der Waals surface area contributed by atoms with Crippen LogP contribution >= 0.6 is 0 Å². The van der Waals surface area contributed by atoms with E-state index in [4.69, 9.17) is 0 Å². The lowest BCUT2D eigenvalue weighted by Gasteiger charge is -2.39. The highest BCUT2D eigenvalue weighted by Gasteiger charge is 2.52. The largest absolute Gasteiger partial charge is 0.480 e. The minimum atomic E-state index is -1.14. The second-order valence-electron chi connectivity index (χ2n) is 5.84. The van der Waals surface area contributed by atoms with E-state index in [0.29, 0.717) is 25.9 Å². The molecule has 1 aromatic carbocycles. The SMILES string of the molecule is O=C(O)C1(C(=O)N2CCCc3ccccc3C2)CCC1. The topological polar surface area (TPSA) is 57.6 Å². The molecule has 1 N–H and O–H groups in total. The fraction of sp³-hybridized carbons (Fsp3) is 0.500. The summed E-state index contributed by atoms with van der Waals surface area (Å²) in [5.74, 6) is -1.14. The molecule has 1 aliphatic carbocycles. The van der Waals surface area contributed by atoms with Crippen LogP contribution in [0.25, 0.3) is 0 Å². The Morgan fingerprint density at radius 2 is 1.80 bits per heavy atom. The van der Waals surface area contributed by atoms with E-state index in [-0.39, 0.29) is 5.91 Å². The lowest BCUT2D eigenvalue weighted by atomic mass is 9.67. The van der Waals surface area contributed by atoms with Gasteiger partial charge in [-0.3, -0.25) is 9.59 Å². The van der Waals surface area contributed by atoms with Crippen molar-refractivity contribution in [2.75, 3.05) is 6.54 Å². The summed E-state index contributed by atoms with van der Waals surface area (Å²) in [6.07, 6.45) is 3.67. The Balaban J connectivity index is 1.84. The van der Waals surface area contributed by atoms with Crippen LogP contribution in [-0.2, 0) is 22.6 Å². The average Bonchev–Trinajstić information content (AvgIpc) is 2.58. The maximum absolute atomic E-state index is 12.7. The highest BCUT2D eigenvalue weighted by atomic mass is 16.4. The van der Waals surface area contributed by atoms with Gasteiger partial charge in [-0.2, -0.15) is 0 Å². The van der Waals surface area contributed by atoms with Crippen molar-refractivity contribution >= 4 is 11.9 Å². The summed E-state index contributed by atoms with van der Waals surface area (Å²) < 4.78 is 0. The number of aliphatic carboxylic acids is 1. The van der Waals surface area contributed by atoms with Crippen LogP contribution in [0, 0.1) is 5.41 Å². The predicted octanol–water partition coefficient (Wildman–Crippen LogP) is 2.22. The Hall–Kier alpha value is -1.84. The van der Waals surface area contributed by atoms with Gasteiger partial charge in [-0.05, 0) is 36.8 Å². The number of carboxylic acid groups (broad SMARTS) is 1. The van der Waals surface area contributed by atoms with Crippen molar-refractivity contribution in [2.24, 2.45) is 5.41 Å². The van der Waals surface area contributed by atoms with E-state index >= 15 is 0 Å². The standard InChI is InChI=1S/C16H19NO3/c18-14(16(15(19)20)8-4-9-16)17-10-3-7-12-5-1-2-6-13(12)11-17/h1-2,5-6H,3-4,7-11H2,(H,19,20). The van der Waals surface area contributed by atoms with Crippen molar-refractivity contribution in [2.45, 2.75) is 38.6 Å². The number of carbonyl (C=O) groups excluding carboxylic acids is 1. The van der Waals surface area contributed by atoms with Crippen LogP contribution in [0.5, 0.6) is 0 Å². The molecule has 106 valence electrons. The molecule has 0 radical (unpaired) electrons. The number of carbonyl (C=O) groups is 2. The summed E-state index contributed by atoms with van der Waals surface area (Å²) in [7, 11) is 0. The number of aryl methyl sites for hydroxylation is 1. The van der Waals surface area contributed by atoms with Crippen molar-refractivity contribution in [3.05, 3.63) is 35.4 Å². The smallest absolute Gasteiger partial charge is 0.319 e. The van der Waals surface area contributed by atoms with Crippen molar-refractivity contribution in [3.8, 4) is 0 Å². The van der Waals surface area contributed by atoms with Gasteiger partial charge in [0.25, 0.3) is 0 Å². The van der Waals surface area contributed by atoms with Crippen LogP contribution in [0.1, 0.15) is 36.8 Å². The molecule has 1 amide bonds. The summed E-state index contributed by atoms with van der Waals surface area (Å²) >= 11 is 0. The minimum absolute atomic E-state index is 0.187. The average molecular weight is 273 g/mol. The number of amides is 1. The maximum atomic E-state index is 12.7. The molecule has 20 heavy (non-hydrogen) atoms. The van der Waals surface area contributed by atoms with E-state index in [0.717, 1.165) is 24.8 Å². The predicted molar refractivity (Wildman–Crippen MR) is 74.1 cm³/mol. The van der Waals surface area contributed by atoms with Gasteiger partial charge in [0.2, 0.25) is 5.91 Å². The van der Waals surface area contributed by atoms with E-state index in [2.05, 4.69) is 6.07 Å². The second kappa shape index (κ2) is 4.93. The van der Waals surface area contributed by atoms with Gasteiger partial charge < -0.3 is 10.0 Å². The lowest BCUT2D eigenvalue weighted by Crippen LogP contribution is -2.52. The molecule has 0 unspecified atom stereocenters. The Morgan fingerprint density at radius 3 is 2.40 bits per heavy atom. The maximum Gasteiger partial charge on any atom is 0.319 e. The van der Waals surface area contributed by atoms with E-state index in [9.17, 15) is 14.7 Å². The summed E-state index contributed by atoms with van der Waals surface area (Å²) in [5.41, 5.74) is 1.29. The number of benzene rings is 1. The number of rotatable bonds is 2. The fourth-order valence-electron chi connectivity index (χ4n) is 3.23. The van der Waals surface area contributed by atoms with Gasteiger partial charge in [-0.25, -0.2) is 0 Å². The normalized spacial score (nSPS) is 20.5. The number of hydrogen-bond acceptors (Lipinski definition) is 2. The molecule has 4 heteroatoms. The molecule has 2 aliphatic rings. The third-order valence-corrected chi connectivity index (χ3v) is 4.67. The molecular weight excluding hydrogens is 254 g/mol. The third kappa shape index (κ3) is 1.99. The Bertz CT molecular complexity index is 548. The van der Waals surface area contributed by atoms with Crippen molar-refractivity contribution in [3.63, 3.8) is 0 Å². The molecule has 0 atom stereocenters. The molecule has 1 saturated carbocycles. The Morgan fingerprint density at radius 1 is 1.10 bits per heavy atom. The first-order valence-corrected chi connectivity index (χ1v) is 7.23. The second-order valence-corrected chi connectivity index (χ2v) is 5.84. The van der Waals surface area contributed by atoms with Crippen LogP contribution in [0.3, 0.4) is 0 Å². The zero-order valence-electron chi connectivity index (χ0n) is 11.5. The van der Waals surface area contributed by atoms with E-state index < -0.39 is 11.4 Å². The number of nitrogens with zero attached hydrogens (tertiary/aromatic N) is 1.